The summed E-state index contributed by atoms with van der Waals surface area (Å²) in [5, 5.41) is 2.95. The largest absolute Gasteiger partial charge is 0.463 e. The van der Waals surface area contributed by atoms with Crippen LogP contribution >= 0.6 is 0 Å². The summed E-state index contributed by atoms with van der Waals surface area (Å²) in [5.74, 6) is -1.05. The highest BCUT2D eigenvalue weighted by Gasteiger charge is 2.41. The van der Waals surface area contributed by atoms with Gasteiger partial charge in [-0.3, -0.25) is 14.5 Å². The van der Waals surface area contributed by atoms with Crippen molar-refractivity contribution in [1.29, 1.82) is 0 Å². The van der Waals surface area contributed by atoms with Gasteiger partial charge >= 0.3 is 12.1 Å². The van der Waals surface area contributed by atoms with Crippen LogP contribution in [0.25, 0.3) is 0 Å². The number of hydrogen-bond donors (Lipinski definition) is 1. The molecular weight excluding hydrogens is 474 g/mol. The van der Waals surface area contributed by atoms with Gasteiger partial charge in [0.15, 0.2) is 0 Å². The van der Waals surface area contributed by atoms with E-state index in [2.05, 4.69) is 5.32 Å². The second-order valence-electron chi connectivity index (χ2n) is 12.2. The number of likely N-dealkylation sites (tertiary alicyclic amines) is 1. The molecular formula is C28H49N3O6. The van der Waals surface area contributed by atoms with Gasteiger partial charge in [-0.05, 0) is 65.2 Å². The van der Waals surface area contributed by atoms with Gasteiger partial charge in [0, 0.05) is 19.2 Å². The average molecular weight is 524 g/mol. The quantitative estimate of drug-likeness (QED) is 0.376. The third-order valence-corrected chi connectivity index (χ3v) is 6.33. The van der Waals surface area contributed by atoms with Gasteiger partial charge in [-0.25, -0.2) is 9.59 Å². The van der Waals surface area contributed by atoms with Crippen LogP contribution < -0.4 is 5.32 Å². The maximum atomic E-state index is 13.8. The molecule has 37 heavy (non-hydrogen) atoms. The Morgan fingerprint density at radius 2 is 1.68 bits per heavy atom. The highest BCUT2D eigenvalue weighted by Crippen LogP contribution is 2.26. The predicted octanol–water partition coefficient (Wildman–Crippen LogP) is 4.30. The Balaban J connectivity index is 3.20. The van der Waals surface area contributed by atoms with E-state index in [1.165, 1.54) is 4.90 Å². The maximum Gasteiger partial charge on any atom is 0.410 e. The lowest BCUT2D eigenvalue weighted by Crippen LogP contribution is -2.60. The number of rotatable bonds is 8. The van der Waals surface area contributed by atoms with Crippen LogP contribution in [0.5, 0.6) is 0 Å². The number of ether oxygens (including phenoxy) is 2. The Morgan fingerprint density at radius 3 is 2.16 bits per heavy atom. The van der Waals surface area contributed by atoms with E-state index in [0.717, 1.165) is 12.8 Å². The molecule has 0 aromatic heterocycles. The van der Waals surface area contributed by atoms with Crippen LogP contribution in [-0.2, 0) is 23.9 Å². The summed E-state index contributed by atoms with van der Waals surface area (Å²) < 4.78 is 10.6. The third kappa shape index (κ3) is 9.67. The minimum absolute atomic E-state index is 0.00986. The number of piperidine rings is 1. The molecule has 1 rings (SSSR count). The first kappa shape index (κ1) is 32.4. The van der Waals surface area contributed by atoms with Crippen LogP contribution in [0.4, 0.5) is 4.79 Å². The Morgan fingerprint density at radius 1 is 1.08 bits per heavy atom. The number of nitrogens with one attached hydrogen (secondary N) is 1. The molecule has 0 radical (unpaired) electrons. The van der Waals surface area contributed by atoms with Gasteiger partial charge in [-0.1, -0.05) is 40.7 Å². The summed E-state index contributed by atoms with van der Waals surface area (Å²) >= 11 is 0. The summed E-state index contributed by atoms with van der Waals surface area (Å²) in [6, 6.07) is -1.94. The molecule has 0 spiro atoms. The van der Waals surface area contributed by atoms with Crippen molar-refractivity contribution in [3.05, 3.63) is 11.6 Å². The first-order valence-corrected chi connectivity index (χ1v) is 13.3. The van der Waals surface area contributed by atoms with Gasteiger partial charge in [-0.2, -0.15) is 0 Å². The van der Waals surface area contributed by atoms with E-state index in [0.29, 0.717) is 18.5 Å². The molecule has 0 bridgehead atoms. The van der Waals surface area contributed by atoms with Crippen LogP contribution in [0.15, 0.2) is 11.6 Å². The monoisotopic (exact) mass is 523 g/mol. The van der Waals surface area contributed by atoms with E-state index in [9.17, 15) is 19.2 Å². The van der Waals surface area contributed by atoms with E-state index in [-0.39, 0.29) is 30.4 Å². The number of esters is 1. The van der Waals surface area contributed by atoms with Crippen molar-refractivity contribution in [2.75, 3.05) is 20.2 Å². The van der Waals surface area contributed by atoms with Crippen LogP contribution in [0.1, 0.15) is 88.5 Å². The van der Waals surface area contributed by atoms with E-state index < -0.39 is 35.2 Å². The fourth-order valence-corrected chi connectivity index (χ4v) is 4.30. The first-order chi connectivity index (χ1) is 16.9. The molecule has 0 saturated carbocycles. The summed E-state index contributed by atoms with van der Waals surface area (Å²) in [5.41, 5.74) is -0.858. The summed E-state index contributed by atoms with van der Waals surface area (Å²) in [6.45, 7) is 19.1. The van der Waals surface area contributed by atoms with Crippen molar-refractivity contribution >= 4 is 23.9 Å². The third-order valence-electron chi connectivity index (χ3n) is 6.33. The van der Waals surface area contributed by atoms with Gasteiger partial charge in [0.25, 0.3) is 0 Å². The Labute approximate surface area is 223 Å². The highest BCUT2D eigenvalue weighted by molar-refractivity contribution is 5.92. The average Bonchev–Trinajstić information content (AvgIpc) is 2.77. The molecule has 3 amide bonds. The standard InChI is InChI=1S/C28H49N3O6/c1-12-36-25(34)19(4)17-21(18(2)3)30(11)24(33)22(27(5,6)7)29-23(32)20-15-13-14-16-31(20)26(35)37-28(8,9)10/h17-18,20-22H,12-16H2,1-11H3,(H,29,32)/t20?,21-,22-/m1/s1. The molecule has 3 atom stereocenters. The smallest absolute Gasteiger partial charge is 0.410 e. The van der Waals surface area contributed by atoms with E-state index in [4.69, 9.17) is 9.47 Å². The lowest BCUT2D eigenvalue weighted by atomic mass is 9.84. The topological polar surface area (TPSA) is 105 Å². The van der Waals surface area contributed by atoms with E-state index in [1.807, 2.05) is 34.6 Å². The molecule has 1 aliphatic rings. The number of amides is 3. The summed E-state index contributed by atoms with van der Waals surface area (Å²) in [4.78, 5) is 55.4. The molecule has 1 aliphatic heterocycles. The second-order valence-corrected chi connectivity index (χ2v) is 12.2. The zero-order chi connectivity index (χ0) is 28.7. The van der Waals surface area contributed by atoms with Gasteiger partial charge in [0.1, 0.15) is 17.7 Å². The van der Waals surface area contributed by atoms with Crippen LogP contribution in [-0.4, -0.2) is 77.6 Å². The molecule has 1 N–H and O–H groups in total. The van der Waals surface area contributed by atoms with E-state index in [1.54, 1.807) is 52.6 Å². The Kier molecular flexibility index (Phi) is 11.7. The fourth-order valence-electron chi connectivity index (χ4n) is 4.30. The minimum Gasteiger partial charge on any atom is -0.463 e. The lowest BCUT2D eigenvalue weighted by molar-refractivity contribution is -0.142. The lowest BCUT2D eigenvalue weighted by Gasteiger charge is -2.40. The summed E-state index contributed by atoms with van der Waals surface area (Å²) in [6.07, 6.45) is 3.31. The number of likely N-dealkylation sites (N-methyl/N-ethyl adjacent to an activating group) is 1. The minimum atomic E-state index is -0.843. The van der Waals surface area contributed by atoms with Gasteiger partial charge in [0.05, 0.1) is 12.6 Å². The zero-order valence-electron chi connectivity index (χ0n) is 24.8. The van der Waals surface area contributed by atoms with Gasteiger partial charge in [-0.15, -0.1) is 0 Å². The number of carbonyl (C=O) groups is 4. The predicted molar refractivity (Wildman–Crippen MR) is 144 cm³/mol. The molecule has 9 heteroatoms. The van der Waals surface area contributed by atoms with Crippen molar-refractivity contribution in [2.24, 2.45) is 11.3 Å². The van der Waals surface area contributed by atoms with Crippen molar-refractivity contribution in [3.8, 4) is 0 Å². The fraction of sp³-hybridized carbons (Fsp3) is 0.786. The molecule has 0 aromatic carbocycles. The molecule has 0 aliphatic carbocycles. The normalized spacial score (nSPS) is 18.6. The molecule has 1 unspecified atom stereocenters. The zero-order valence-corrected chi connectivity index (χ0v) is 24.8. The molecule has 9 nitrogen and oxygen atoms in total. The molecule has 1 fully saturated rings. The van der Waals surface area contributed by atoms with Crippen molar-refractivity contribution in [1.82, 2.24) is 15.1 Å². The molecule has 0 aromatic rings. The molecule has 212 valence electrons. The van der Waals surface area contributed by atoms with Crippen molar-refractivity contribution in [3.63, 3.8) is 0 Å². The van der Waals surface area contributed by atoms with Crippen LogP contribution in [0.3, 0.4) is 0 Å². The number of nitrogens with zero attached hydrogens (tertiary/aromatic N) is 2. The first-order valence-electron chi connectivity index (χ1n) is 13.3. The number of carbonyl (C=O) groups excluding carboxylic acids is 4. The SMILES string of the molecule is CCOC(=O)C(C)=C[C@H](C(C)C)N(C)C(=O)[C@@H](NC(=O)C1CCCCN1C(=O)OC(C)(C)C)C(C)(C)C. The van der Waals surface area contributed by atoms with E-state index >= 15 is 0 Å². The van der Waals surface area contributed by atoms with Crippen molar-refractivity contribution in [2.45, 2.75) is 112 Å². The highest BCUT2D eigenvalue weighted by atomic mass is 16.6. The van der Waals surface area contributed by atoms with Crippen LogP contribution in [0.2, 0.25) is 0 Å². The molecule has 1 saturated heterocycles. The second kappa shape index (κ2) is 13.3. The van der Waals surface area contributed by atoms with Gasteiger partial charge in [0.2, 0.25) is 11.8 Å². The van der Waals surface area contributed by atoms with Crippen LogP contribution in [0, 0.1) is 11.3 Å². The number of hydrogen-bond acceptors (Lipinski definition) is 6. The Bertz CT molecular complexity index is 853. The van der Waals surface area contributed by atoms with Gasteiger partial charge < -0.3 is 19.7 Å². The summed E-state index contributed by atoms with van der Waals surface area (Å²) in [7, 11) is 1.68. The maximum absolute atomic E-state index is 13.8. The van der Waals surface area contributed by atoms with Crippen molar-refractivity contribution < 1.29 is 28.7 Å². The molecule has 1 heterocycles. The Hall–Kier alpha value is -2.58.